The second-order valence-corrected chi connectivity index (χ2v) is 5.07. The molecule has 74 valence electrons. The Balaban J connectivity index is 2.71. The highest BCUT2D eigenvalue weighted by molar-refractivity contribution is 9.10. The van der Waals surface area contributed by atoms with Gasteiger partial charge >= 0.3 is 0 Å². The quantitative estimate of drug-likeness (QED) is 0.674. The van der Waals surface area contributed by atoms with E-state index in [9.17, 15) is 8.78 Å². The normalized spacial score (nSPS) is 11.5. The van der Waals surface area contributed by atoms with Gasteiger partial charge in [0.1, 0.15) is 0 Å². The van der Waals surface area contributed by atoms with Gasteiger partial charge in [0.25, 0.3) is 6.43 Å². The standard InChI is InChI=1S/C9H4BrClF2S/c10-5-1-2-6-4(8(5)11)3-7(14-6)9(12)13/h1-3,9H. The van der Waals surface area contributed by atoms with Gasteiger partial charge in [-0.1, -0.05) is 11.6 Å². The molecule has 0 spiro atoms. The topological polar surface area (TPSA) is 0 Å². The van der Waals surface area contributed by atoms with Crippen molar-refractivity contribution < 1.29 is 8.78 Å². The van der Waals surface area contributed by atoms with Crippen molar-refractivity contribution in [3.05, 3.63) is 32.6 Å². The molecule has 0 N–H and O–H groups in total. The maximum atomic E-state index is 12.4. The molecule has 1 aromatic carbocycles. The van der Waals surface area contributed by atoms with Gasteiger partial charge in [-0.05, 0) is 34.1 Å². The largest absolute Gasteiger partial charge is 0.272 e. The summed E-state index contributed by atoms with van der Waals surface area (Å²) in [6, 6.07) is 4.98. The molecule has 0 saturated heterocycles. The summed E-state index contributed by atoms with van der Waals surface area (Å²) in [7, 11) is 0. The van der Waals surface area contributed by atoms with Crippen LogP contribution in [0.4, 0.5) is 8.78 Å². The van der Waals surface area contributed by atoms with Crippen LogP contribution in [0, 0.1) is 0 Å². The van der Waals surface area contributed by atoms with Gasteiger partial charge in [-0.15, -0.1) is 11.3 Å². The Kier molecular flexibility index (Phi) is 2.77. The van der Waals surface area contributed by atoms with Gasteiger partial charge in [-0.2, -0.15) is 0 Å². The number of benzene rings is 1. The Morgan fingerprint density at radius 1 is 1.36 bits per heavy atom. The number of fused-ring (bicyclic) bond motifs is 1. The van der Waals surface area contributed by atoms with Crippen LogP contribution < -0.4 is 0 Å². The molecular weight excluding hydrogens is 294 g/mol. The molecule has 0 bridgehead atoms. The summed E-state index contributed by atoms with van der Waals surface area (Å²) in [6.07, 6.45) is -2.43. The molecule has 0 saturated carbocycles. The van der Waals surface area contributed by atoms with Crippen molar-refractivity contribution in [1.29, 1.82) is 0 Å². The van der Waals surface area contributed by atoms with Gasteiger partial charge < -0.3 is 0 Å². The van der Waals surface area contributed by atoms with Gasteiger partial charge in [0.15, 0.2) is 0 Å². The zero-order chi connectivity index (χ0) is 10.3. The number of halogens is 4. The van der Waals surface area contributed by atoms with E-state index in [1.807, 2.05) is 0 Å². The summed E-state index contributed by atoms with van der Waals surface area (Å²) in [6.45, 7) is 0. The lowest BCUT2D eigenvalue weighted by atomic mass is 10.2. The van der Waals surface area contributed by atoms with Crippen LogP contribution in [0.25, 0.3) is 10.1 Å². The van der Waals surface area contributed by atoms with E-state index in [1.54, 1.807) is 12.1 Å². The summed E-state index contributed by atoms with van der Waals surface area (Å²) in [5.74, 6) is 0. The Morgan fingerprint density at radius 2 is 2.07 bits per heavy atom. The van der Waals surface area contributed by atoms with E-state index in [2.05, 4.69) is 15.9 Å². The third-order valence-corrected chi connectivity index (χ3v) is 4.23. The molecule has 2 aromatic rings. The first-order valence-corrected chi connectivity index (χ1v) is 5.74. The van der Waals surface area contributed by atoms with Crippen molar-refractivity contribution in [2.75, 3.05) is 0 Å². The zero-order valence-corrected chi connectivity index (χ0v) is 9.89. The van der Waals surface area contributed by atoms with Crippen LogP contribution in [-0.2, 0) is 0 Å². The Morgan fingerprint density at radius 3 is 2.71 bits per heavy atom. The highest BCUT2D eigenvalue weighted by atomic mass is 79.9. The van der Waals surface area contributed by atoms with Crippen molar-refractivity contribution in [2.45, 2.75) is 6.43 Å². The average molecular weight is 298 g/mol. The van der Waals surface area contributed by atoms with Crippen LogP contribution >= 0.6 is 38.9 Å². The van der Waals surface area contributed by atoms with Crippen LogP contribution in [0.5, 0.6) is 0 Å². The Bertz CT molecular complexity index is 481. The lowest BCUT2D eigenvalue weighted by Crippen LogP contribution is -1.73. The number of rotatable bonds is 1. The van der Waals surface area contributed by atoms with E-state index >= 15 is 0 Å². The first-order valence-electron chi connectivity index (χ1n) is 3.75. The first-order chi connectivity index (χ1) is 6.59. The molecule has 5 heteroatoms. The summed E-state index contributed by atoms with van der Waals surface area (Å²) >= 11 is 10.3. The second kappa shape index (κ2) is 3.76. The molecule has 1 aromatic heterocycles. The summed E-state index contributed by atoms with van der Waals surface area (Å²) in [4.78, 5) is 0.0556. The SMILES string of the molecule is FC(F)c1cc2c(Cl)c(Br)ccc2s1. The number of hydrogen-bond donors (Lipinski definition) is 0. The van der Waals surface area contributed by atoms with Crippen LogP contribution in [-0.4, -0.2) is 0 Å². The fourth-order valence-corrected chi connectivity index (χ4v) is 2.73. The summed E-state index contributed by atoms with van der Waals surface area (Å²) in [5.41, 5.74) is 0. The van der Waals surface area contributed by atoms with Crippen molar-refractivity contribution in [3.63, 3.8) is 0 Å². The van der Waals surface area contributed by atoms with Crippen LogP contribution in [0.3, 0.4) is 0 Å². The van der Waals surface area contributed by atoms with Gasteiger partial charge in [0, 0.05) is 14.6 Å². The smallest absolute Gasteiger partial charge is 0.204 e. The van der Waals surface area contributed by atoms with Crippen molar-refractivity contribution in [2.24, 2.45) is 0 Å². The lowest BCUT2D eigenvalue weighted by molar-refractivity contribution is 0.156. The molecule has 0 aliphatic carbocycles. The van der Waals surface area contributed by atoms with Crippen molar-refractivity contribution in [1.82, 2.24) is 0 Å². The summed E-state index contributed by atoms with van der Waals surface area (Å²) < 4.78 is 26.3. The fraction of sp³-hybridized carbons (Fsp3) is 0.111. The van der Waals surface area contributed by atoms with Crippen LogP contribution in [0.15, 0.2) is 22.7 Å². The van der Waals surface area contributed by atoms with Crippen molar-refractivity contribution >= 4 is 49.0 Å². The lowest BCUT2D eigenvalue weighted by Gasteiger charge is -1.95. The third-order valence-electron chi connectivity index (χ3n) is 1.82. The molecule has 0 atom stereocenters. The molecule has 0 radical (unpaired) electrons. The summed E-state index contributed by atoms with van der Waals surface area (Å²) in [5, 5.41) is 1.17. The molecular formula is C9H4BrClF2S. The minimum Gasteiger partial charge on any atom is -0.204 e. The minimum absolute atomic E-state index is 0.0556. The molecule has 14 heavy (non-hydrogen) atoms. The maximum absolute atomic E-state index is 12.4. The Hall–Kier alpha value is -0.190. The molecule has 0 unspecified atom stereocenters. The number of alkyl halides is 2. The fourth-order valence-electron chi connectivity index (χ4n) is 1.18. The van der Waals surface area contributed by atoms with Crippen LogP contribution in [0.2, 0.25) is 5.02 Å². The molecule has 0 aliphatic rings. The van der Waals surface area contributed by atoms with E-state index in [1.165, 1.54) is 6.07 Å². The first kappa shape index (κ1) is 10.3. The molecule has 1 heterocycles. The number of thiophene rings is 1. The van der Waals surface area contributed by atoms with E-state index in [4.69, 9.17) is 11.6 Å². The predicted molar refractivity (Wildman–Crippen MR) is 59.5 cm³/mol. The van der Waals surface area contributed by atoms with Gasteiger partial charge in [0.2, 0.25) is 0 Å². The van der Waals surface area contributed by atoms with E-state index in [-0.39, 0.29) is 4.88 Å². The van der Waals surface area contributed by atoms with Crippen molar-refractivity contribution in [3.8, 4) is 0 Å². The molecule has 0 aliphatic heterocycles. The molecule has 2 rings (SSSR count). The highest BCUT2D eigenvalue weighted by Gasteiger charge is 2.13. The minimum atomic E-state index is -2.43. The number of hydrogen-bond acceptors (Lipinski definition) is 1. The molecule has 0 amide bonds. The molecule has 0 fully saturated rings. The molecule has 0 nitrogen and oxygen atoms in total. The Labute approximate surface area is 96.6 Å². The van der Waals surface area contributed by atoms with Gasteiger partial charge in [0.05, 0.1) is 9.90 Å². The predicted octanol–water partition coefficient (Wildman–Crippen LogP) is 5.25. The van der Waals surface area contributed by atoms with Gasteiger partial charge in [-0.3, -0.25) is 0 Å². The van der Waals surface area contributed by atoms with E-state index in [0.29, 0.717) is 10.4 Å². The zero-order valence-electron chi connectivity index (χ0n) is 6.73. The van der Waals surface area contributed by atoms with Gasteiger partial charge in [-0.25, -0.2) is 8.78 Å². The third kappa shape index (κ3) is 1.66. The van der Waals surface area contributed by atoms with E-state index < -0.39 is 6.43 Å². The second-order valence-electron chi connectivity index (χ2n) is 2.72. The average Bonchev–Trinajstić information content (AvgIpc) is 2.56. The maximum Gasteiger partial charge on any atom is 0.272 e. The van der Waals surface area contributed by atoms with E-state index in [0.717, 1.165) is 20.5 Å². The monoisotopic (exact) mass is 296 g/mol. The van der Waals surface area contributed by atoms with Crippen LogP contribution in [0.1, 0.15) is 11.3 Å². The highest BCUT2D eigenvalue weighted by Crippen LogP contribution is 2.38.